The summed E-state index contributed by atoms with van der Waals surface area (Å²) in [5.41, 5.74) is 0.762. The van der Waals surface area contributed by atoms with Crippen molar-refractivity contribution in [1.29, 1.82) is 0 Å². The molecule has 0 spiro atoms. The third kappa shape index (κ3) is 4.14. The van der Waals surface area contributed by atoms with Crippen LogP contribution < -0.4 is 20.7 Å². The Labute approximate surface area is 160 Å². The number of nitrogens with one attached hydrogen (secondary N) is 3. The van der Waals surface area contributed by atoms with Crippen LogP contribution in [0.15, 0.2) is 24.4 Å². The Balaban J connectivity index is 1.64. The molecule has 9 heteroatoms. The quantitative estimate of drug-likeness (QED) is 0.734. The van der Waals surface area contributed by atoms with Gasteiger partial charge in [-0.05, 0) is 43.9 Å². The molecule has 1 fully saturated rings. The molecule has 3 heterocycles. The maximum Gasteiger partial charge on any atom is 0.423 e. The second-order valence-electron chi connectivity index (χ2n) is 7.02. The number of ether oxygens (including phenoxy) is 1. The summed E-state index contributed by atoms with van der Waals surface area (Å²) in [4.78, 5) is 7.92. The molecule has 0 bridgehead atoms. The van der Waals surface area contributed by atoms with Gasteiger partial charge in [-0.3, -0.25) is 0 Å². The van der Waals surface area contributed by atoms with Crippen LogP contribution in [0.1, 0.15) is 30.4 Å². The van der Waals surface area contributed by atoms with E-state index < -0.39 is 17.6 Å². The van der Waals surface area contributed by atoms with E-state index in [-0.39, 0.29) is 12.0 Å². The van der Waals surface area contributed by atoms with Crippen molar-refractivity contribution >= 4 is 11.6 Å². The molecule has 1 aromatic heterocycles. The molecule has 2 aliphatic rings. The highest BCUT2D eigenvalue weighted by Crippen LogP contribution is 2.40. The number of halogens is 3. The number of hydrogen-bond donors (Lipinski definition) is 3. The predicted octanol–water partition coefficient (Wildman–Crippen LogP) is 3.81. The van der Waals surface area contributed by atoms with Gasteiger partial charge in [0.1, 0.15) is 5.56 Å². The number of rotatable bonds is 4. The highest BCUT2D eigenvalue weighted by molar-refractivity contribution is 5.64. The number of fused-ring (bicyclic) bond motifs is 1. The van der Waals surface area contributed by atoms with Crippen molar-refractivity contribution in [2.75, 3.05) is 30.3 Å². The standard InChI is InChI=1S/C19H22F3N5O/c20-19(21,22)14-11-25-18(26-13-6-3-8-23-10-13)27-17(14)28-15-7-1-4-12-5-2-9-24-16(12)15/h1,4,7,11,13,23-24H,2-3,5-6,8-10H2,(H,25,26,27)/t13-/m0/s1. The first-order chi connectivity index (χ1) is 13.5. The Kier molecular flexibility index (Phi) is 5.25. The predicted molar refractivity (Wildman–Crippen MR) is 99.9 cm³/mol. The van der Waals surface area contributed by atoms with Crippen LogP contribution >= 0.6 is 0 Å². The van der Waals surface area contributed by atoms with Gasteiger partial charge in [-0.2, -0.15) is 18.2 Å². The van der Waals surface area contributed by atoms with Gasteiger partial charge in [0.25, 0.3) is 0 Å². The number of alkyl halides is 3. The summed E-state index contributed by atoms with van der Waals surface area (Å²) in [6, 6.07) is 5.45. The summed E-state index contributed by atoms with van der Waals surface area (Å²) in [5, 5.41) is 9.56. The van der Waals surface area contributed by atoms with Gasteiger partial charge in [0.15, 0.2) is 5.75 Å². The lowest BCUT2D eigenvalue weighted by Crippen LogP contribution is -2.38. The van der Waals surface area contributed by atoms with Crippen molar-refractivity contribution in [3.05, 3.63) is 35.5 Å². The zero-order chi connectivity index (χ0) is 19.6. The smallest absolute Gasteiger partial charge is 0.423 e. The van der Waals surface area contributed by atoms with Crippen LogP contribution in [-0.2, 0) is 12.6 Å². The third-order valence-electron chi connectivity index (χ3n) is 4.93. The number of piperidine rings is 1. The second-order valence-corrected chi connectivity index (χ2v) is 7.02. The summed E-state index contributed by atoms with van der Waals surface area (Å²) in [6.07, 6.45) is -0.0996. The minimum atomic E-state index is -4.61. The maximum absolute atomic E-state index is 13.5. The van der Waals surface area contributed by atoms with E-state index in [4.69, 9.17) is 4.74 Å². The Morgan fingerprint density at radius 3 is 2.86 bits per heavy atom. The summed E-state index contributed by atoms with van der Waals surface area (Å²) >= 11 is 0. The fourth-order valence-corrected chi connectivity index (χ4v) is 3.53. The highest BCUT2D eigenvalue weighted by atomic mass is 19.4. The molecule has 0 radical (unpaired) electrons. The molecule has 1 atom stereocenters. The Morgan fingerprint density at radius 2 is 2.07 bits per heavy atom. The van der Waals surface area contributed by atoms with Crippen LogP contribution in [-0.4, -0.2) is 35.6 Å². The van der Waals surface area contributed by atoms with Crippen molar-refractivity contribution in [1.82, 2.24) is 15.3 Å². The summed E-state index contributed by atoms with van der Waals surface area (Å²) < 4.78 is 46.1. The lowest BCUT2D eigenvalue weighted by Gasteiger charge is -2.24. The van der Waals surface area contributed by atoms with Gasteiger partial charge in [-0.1, -0.05) is 12.1 Å². The Bertz CT molecular complexity index is 837. The molecule has 0 saturated carbocycles. The van der Waals surface area contributed by atoms with Crippen LogP contribution in [0.3, 0.4) is 0 Å². The topological polar surface area (TPSA) is 71.1 Å². The van der Waals surface area contributed by atoms with E-state index in [9.17, 15) is 13.2 Å². The molecule has 1 saturated heterocycles. The van der Waals surface area contributed by atoms with Crippen molar-refractivity contribution in [3.63, 3.8) is 0 Å². The normalized spacial score (nSPS) is 19.5. The second kappa shape index (κ2) is 7.83. The van der Waals surface area contributed by atoms with Gasteiger partial charge >= 0.3 is 6.18 Å². The maximum atomic E-state index is 13.5. The Morgan fingerprint density at radius 1 is 1.18 bits per heavy atom. The molecule has 150 valence electrons. The molecular weight excluding hydrogens is 371 g/mol. The summed E-state index contributed by atoms with van der Waals surface area (Å²) in [7, 11) is 0. The molecule has 1 aromatic carbocycles. The van der Waals surface area contributed by atoms with Gasteiger partial charge in [0, 0.05) is 25.3 Å². The van der Waals surface area contributed by atoms with Gasteiger partial charge in [0.05, 0.1) is 5.69 Å². The lowest BCUT2D eigenvalue weighted by molar-refractivity contribution is -0.139. The van der Waals surface area contributed by atoms with Crippen molar-refractivity contribution in [2.24, 2.45) is 0 Å². The van der Waals surface area contributed by atoms with Crippen LogP contribution in [0.25, 0.3) is 0 Å². The van der Waals surface area contributed by atoms with Gasteiger partial charge in [-0.15, -0.1) is 0 Å². The number of benzene rings is 1. The van der Waals surface area contributed by atoms with E-state index in [1.54, 1.807) is 12.1 Å². The number of aromatic nitrogens is 2. The highest BCUT2D eigenvalue weighted by Gasteiger charge is 2.37. The largest absolute Gasteiger partial charge is 0.436 e. The zero-order valence-electron chi connectivity index (χ0n) is 15.3. The molecule has 4 rings (SSSR count). The third-order valence-corrected chi connectivity index (χ3v) is 4.93. The lowest BCUT2D eigenvalue weighted by atomic mass is 10.0. The van der Waals surface area contributed by atoms with Crippen LogP contribution in [0.2, 0.25) is 0 Å². The fourth-order valence-electron chi connectivity index (χ4n) is 3.53. The van der Waals surface area contributed by atoms with Crippen LogP contribution in [0.4, 0.5) is 24.8 Å². The van der Waals surface area contributed by atoms with Crippen molar-refractivity contribution in [3.8, 4) is 11.6 Å². The van der Waals surface area contributed by atoms with Crippen LogP contribution in [0.5, 0.6) is 11.6 Å². The summed E-state index contributed by atoms with van der Waals surface area (Å²) in [5.74, 6) is -0.0179. The van der Waals surface area contributed by atoms with Crippen molar-refractivity contribution < 1.29 is 17.9 Å². The number of anilines is 2. The number of nitrogens with zero attached hydrogens (tertiary/aromatic N) is 2. The molecule has 6 nitrogen and oxygen atoms in total. The van der Waals surface area contributed by atoms with E-state index in [2.05, 4.69) is 25.9 Å². The zero-order valence-corrected chi connectivity index (χ0v) is 15.3. The van der Waals surface area contributed by atoms with E-state index in [0.29, 0.717) is 5.75 Å². The average molecular weight is 393 g/mol. The van der Waals surface area contributed by atoms with Gasteiger partial charge < -0.3 is 20.7 Å². The molecule has 0 aliphatic carbocycles. The fraction of sp³-hybridized carbons (Fsp3) is 0.474. The monoisotopic (exact) mass is 393 g/mol. The molecule has 0 unspecified atom stereocenters. The molecule has 2 aromatic rings. The molecule has 28 heavy (non-hydrogen) atoms. The molecule has 3 N–H and O–H groups in total. The number of para-hydroxylation sites is 1. The average Bonchev–Trinajstić information content (AvgIpc) is 2.68. The Hall–Kier alpha value is -2.55. The van der Waals surface area contributed by atoms with Gasteiger partial charge in [-0.25, -0.2) is 4.98 Å². The SMILES string of the molecule is FC(F)(F)c1cnc(N[C@H]2CCCNC2)nc1Oc1cccc2c1NCCC2. The molecule has 0 amide bonds. The number of hydrogen-bond acceptors (Lipinski definition) is 6. The first-order valence-corrected chi connectivity index (χ1v) is 9.46. The van der Waals surface area contributed by atoms with E-state index in [0.717, 1.165) is 62.8 Å². The van der Waals surface area contributed by atoms with E-state index >= 15 is 0 Å². The van der Waals surface area contributed by atoms with Crippen LogP contribution in [0, 0.1) is 0 Å². The summed E-state index contributed by atoms with van der Waals surface area (Å²) in [6.45, 7) is 2.41. The first kappa shape index (κ1) is 18.8. The number of aryl methyl sites for hydroxylation is 1. The molecular formula is C19H22F3N5O. The minimum Gasteiger partial charge on any atom is -0.436 e. The van der Waals surface area contributed by atoms with E-state index in [1.807, 2.05) is 6.07 Å². The molecule has 2 aliphatic heterocycles. The van der Waals surface area contributed by atoms with Gasteiger partial charge in [0.2, 0.25) is 11.8 Å². The minimum absolute atomic E-state index is 0.0736. The van der Waals surface area contributed by atoms with Crippen molar-refractivity contribution in [2.45, 2.75) is 37.9 Å². The van der Waals surface area contributed by atoms with E-state index in [1.165, 1.54) is 0 Å². The first-order valence-electron chi connectivity index (χ1n) is 9.46.